The molecule has 4 nitrogen and oxygen atoms in total. The number of hydrogen-bond donors (Lipinski definition) is 1. The van der Waals surface area contributed by atoms with E-state index >= 15 is 0 Å². The van der Waals surface area contributed by atoms with Gasteiger partial charge in [-0.25, -0.2) is 4.79 Å². The Kier molecular flexibility index (Phi) is 6.79. The fourth-order valence-corrected chi connectivity index (χ4v) is 3.12. The van der Waals surface area contributed by atoms with Crippen molar-refractivity contribution in [1.29, 1.82) is 0 Å². The average molecular weight is 386 g/mol. The van der Waals surface area contributed by atoms with Crippen molar-refractivity contribution in [1.82, 2.24) is 0 Å². The molecular formula is C18H17F3O4S. The summed E-state index contributed by atoms with van der Waals surface area (Å²) >= 11 is 1.51. The number of thioether (sulfide) groups is 1. The number of alkyl halides is 3. The number of carboxylic acid groups (broad SMARTS) is 1. The molecule has 0 fully saturated rings. The van der Waals surface area contributed by atoms with Gasteiger partial charge in [0.05, 0.1) is 0 Å². The monoisotopic (exact) mass is 386 g/mol. The van der Waals surface area contributed by atoms with E-state index in [1.165, 1.54) is 23.9 Å². The van der Waals surface area contributed by atoms with Crippen LogP contribution < -0.4 is 9.47 Å². The standard InChI is InChI=1S/C18H17F3O4S/c1-12-3-2-4-15(11-12)26-10-9-16(17(22)23)24-13-5-7-14(8-6-13)25-18(19,20)21/h2-8,11,16H,9-10H2,1H3,(H,22,23). The van der Waals surface area contributed by atoms with E-state index < -0.39 is 24.2 Å². The van der Waals surface area contributed by atoms with E-state index in [1.54, 1.807) is 0 Å². The van der Waals surface area contributed by atoms with Crippen LogP contribution in [0.1, 0.15) is 12.0 Å². The van der Waals surface area contributed by atoms with Gasteiger partial charge in [0.15, 0.2) is 6.10 Å². The van der Waals surface area contributed by atoms with E-state index in [1.807, 2.05) is 31.2 Å². The van der Waals surface area contributed by atoms with Gasteiger partial charge in [-0.2, -0.15) is 0 Å². The average Bonchev–Trinajstić information content (AvgIpc) is 2.54. The lowest BCUT2D eigenvalue weighted by Gasteiger charge is -2.15. The van der Waals surface area contributed by atoms with Gasteiger partial charge in [-0.3, -0.25) is 0 Å². The SMILES string of the molecule is Cc1cccc(SCCC(Oc2ccc(OC(F)(F)F)cc2)C(=O)O)c1. The van der Waals surface area contributed by atoms with E-state index in [9.17, 15) is 23.1 Å². The smallest absolute Gasteiger partial charge is 0.479 e. The topological polar surface area (TPSA) is 55.8 Å². The number of halogens is 3. The predicted molar refractivity (Wildman–Crippen MR) is 91.7 cm³/mol. The molecule has 0 aliphatic heterocycles. The van der Waals surface area contributed by atoms with Gasteiger partial charge in [-0.05, 0) is 43.3 Å². The summed E-state index contributed by atoms with van der Waals surface area (Å²) in [5, 5.41) is 9.28. The van der Waals surface area contributed by atoms with Crippen LogP contribution in [-0.2, 0) is 4.79 Å². The number of aryl methyl sites for hydroxylation is 1. The molecule has 0 radical (unpaired) electrons. The molecule has 0 aromatic heterocycles. The zero-order valence-corrected chi connectivity index (χ0v) is 14.6. The van der Waals surface area contributed by atoms with Crippen LogP contribution in [0.3, 0.4) is 0 Å². The molecule has 0 heterocycles. The summed E-state index contributed by atoms with van der Waals surface area (Å²) in [6.07, 6.45) is -5.63. The Morgan fingerprint density at radius 3 is 2.38 bits per heavy atom. The normalized spacial score (nSPS) is 12.5. The molecule has 0 amide bonds. The highest BCUT2D eigenvalue weighted by molar-refractivity contribution is 7.99. The summed E-state index contributed by atoms with van der Waals surface area (Å²) in [7, 11) is 0. The zero-order valence-electron chi connectivity index (χ0n) is 13.8. The van der Waals surface area contributed by atoms with E-state index in [2.05, 4.69) is 4.74 Å². The highest BCUT2D eigenvalue weighted by Crippen LogP contribution is 2.26. The summed E-state index contributed by atoms with van der Waals surface area (Å²) in [5.74, 6) is -0.847. The predicted octanol–water partition coefficient (Wildman–Crippen LogP) is 4.91. The van der Waals surface area contributed by atoms with Crippen LogP contribution in [0.4, 0.5) is 13.2 Å². The second kappa shape index (κ2) is 8.84. The lowest BCUT2D eigenvalue weighted by Crippen LogP contribution is -2.27. The van der Waals surface area contributed by atoms with Crippen molar-refractivity contribution in [2.45, 2.75) is 30.7 Å². The van der Waals surface area contributed by atoms with Crippen LogP contribution in [0.5, 0.6) is 11.5 Å². The van der Waals surface area contributed by atoms with Crippen molar-refractivity contribution in [3.8, 4) is 11.5 Å². The van der Waals surface area contributed by atoms with Crippen molar-refractivity contribution in [2.24, 2.45) is 0 Å². The first-order valence-electron chi connectivity index (χ1n) is 7.68. The van der Waals surface area contributed by atoms with Crippen molar-refractivity contribution in [3.63, 3.8) is 0 Å². The summed E-state index contributed by atoms with van der Waals surface area (Å²) in [4.78, 5) is 12.4. The van der Waals surface area contributed by atoms with Crippen LogP contribution in [-0.4, -0.2) is 29.3 Å². The van der Waals surface area contributed by atoms with Crippen LogP contribution in [0.2, 0.25) is 0 Å². The molecule has 0 aliphatic carbocycles. The number of aliphatic carboxylic acids is 1. The van der Waals surface area contributed by atoms with Gasteiger partial charge < -0.3 is 14.6 Å². The van der Waals surface area contributed by atoms with Gasteiger partial charge in [0.25, 0.3) is 0 Å². The lowest BCUT2D eigenvalue weighted by atomic mass is 10.2. The Labute approximate surface area is 152 Å². The minimum atomic E-state index is -4.78. The van der Waals surface area contributed by atoms with Gasteiger partial charge in [0.1, 0.15) is 11.5 Å². The van der Waals surface area contributed by atoms with Crippen molar-refractivity contribution >= 4 is 17.7 Å². The van der Waals surface area contributed by atoms with Crippen LogP contribution in [0.25, 0.3) is 0 Å². The number of hydrogen-bond acceptors (Lipinski definition) is 4. The molecule has 1 unspecified atom stereocenters. The number of benzene rings is 2. The summed E-state index contributed by atoms with van der Waals surface area (Å²) in [6.45, 7) is 1.97. The highest BCUT2D eigenvalue weighted by Gasteiger charge is 2.31. The molecule has 26 heavy (non-hydrogen) atoms. The first kappa shape index (κ1) is 20.0. The van der Waals surface area contributed by atoms with E-state index in [0.717, 1.165) is 22.6 Å². The summed E-state index contributed by atoms with van der Waals surface area (Å²) in [6, 6.07) is 12.5. The molecule has 140 valence electrons. The Balaban J connectivity index is 1.90. The number of carboxylic acids is 1. The number of ether oxygens (including phenoxy) is 2. The fraction of sp³-hybridized carbons (Fsp3) is 0.278. The molecule has 0 bridgehead atoms. The number of rotatable bonds is 8. The fourth-order valence-electron chi connectivity index (χ4n) is 2.11. The maximum absolute atomic E-state index is 12.1. The molecule has 8 heteroatoms. The van der Waals surface area contributed by atoms with Gasteiger partial charge in [-0.15, -0.1) is 24.9 Å². The Morgan fingerprint density at radius 2 is 1.81 bits per heavy atom. The second-order valence-corrected chi connectivity index (χ2v) is 6.59. The largest absolute Gasteiger partial charge is 0.573 e. The van der Waals surface area contributed by atoms with Crippen LogP contribution >= 0.6 is 11.8 Å². The number of carbonyl (C=O) groups is 1. The summed E-state index contributed by atoms with van der Waals surface area (Å²) in [5.41, 5.74) is 1.11. The van der Waals surface area contributed by atoms with Gasteiger partial charge in [0, 0.05) is 17.1 Å². The maximum atomic E-state index is 12.1. The molecule has 0 aliphatic rings. The molecular weight excluding hydrogens is 369 g/mol. The molecule has 1 atom stereocenters. The van der Waals surface area contributed by atoms with Crippen molar-refractivity contribution < 1.29 is 32.5 Å². The Hall–Kier alpha value is -2.35. The molecule has 1 N–H and O–H groups in total. The second-order valence-electron chi connectivity index (χ2n) is 5.42. The lowest BCUT2D eigenvalue weighted by molar-refractivity contribution is -0.274. The van der Waals surface area contributed by atoms with E-state index in [4.69, 9.17) is 4.74 Å². The molecule has 0 saturated heterocycles. The van der Waals surface area contributed by atoms with E-state index in [0.29, 0.717) is 5.75 Å². The minimum absolute atomic E-state index is 0.160. The molecule has 0 saturated carbocycles. The summed E-state index contributed by atoms with van der Waals surface area (Å²) < 4.78 is 45.5. The minimum Gasteiger partial charge on any atom is -0.479 e. The zero-order chi connectivity index (χ0) is 19.2. The van der Waals surface area contributed by atoms with Gasteiger partial charge in [-0.1, -0.05) is 17.7 Å². The molecule has 2 rings (SSSR count). The van der Waals surface area contributed by atoms with Gasteiger partial charge >= 0.3 is 12.3 Å². The van der Waals surface area contributed by atoms with Crippen LogP contribution in [0, 0.1) is 6.92 Å². The first-order chi connectivity index (χ1) is 12.2. The third-order valence-corrected chi connectivity index (χ3v) is 4.28. The molecule has 2 aromatic carbocycles. The maximum Gasteiger partial charge on any atom is 0.573 e. The van der Waals surface area contributed by atoms with Gasteiger partial charge in [0.2, 0.25) is 0 Å². The Bertz CT molecular complexity index is 732. The van der Waals surface area contributed by atoms with Crippen molar-refractivity contribution in [3.05, 3.63) is 54.1 Å². The van der Waals surface area contributed by atoms with Crippen molar-refractivity contribution in [2.75, 3.05) is 5.75 Å². The third-order valence-electron chi connectivity index (χ3n) is 3.25. The quantitative estimate of drug-likeness (QED) is 0.654. The molecule has 2 aromatic rings. The third kappa shape index (κ3) is 6.87. The van der Waals surface area contributed by atoms with Crippen LogP contribution in [0.15, 0.2) is 53.4 Å². The molecule has 0 spiro atoms. The van der Waals surface area contributed by atoms with E-state index in [-0.39, 0.29) is 12.2 Å². The first-order valence-corrected chi connectivity index (χ1v) is 8.66. The Morgan fingerprint density at radius 1 is 1.15 bits per heavy atom. The highest BCUT2D eigenvalue weighted by atomic mass is 32.2.